The van der Waals surface area contributed by atoms with Crippen LogP contribution < -0.4 is 5.73 Å². The van der Waals surface area contributed by atoms with E-state index in [9.17, 15) is 9.18 Å². The van der Waals surface area contributed by atoms with Crippen LogP contribution in [-0.2, 0) is 11.3 Å². The lowest BCUT2D eigenvalue weighted by atomic mass is 10.0. The zero-order valence-electron chi connectivity index (χ0n) is 11.0. The molecule has 0 spiro atoms. The van der Waals surface area contributed by atoms with Crippen molar-refractivity contribution in [2.45, 2.75) is 6.61 Å². The fourth-order valence-electron chi connectivity index (χ4n) is 2.13. The highest BCUT2D eigenvalue weighted by Gasteiger charge is 2.07. The van der Waals surface area contributed by atoms with E-state index < -0.39 is 6.09 Å². The summed E-state index contributed by atoms with van der Waals surface area (Å²) in [5, 5.41) is 0.875. The van der Waals surface area contributed by atoms with E-state index >= 15 is 0 Å². The van der Waals surface area contributed by atoms with Crippen molar-refractivity contribution in [2.75, 3.05) is 0 Å². The minimum absolute atomic E-state index is 0.00407. The molecule has 0 saturated carbocycles. The van der Waals surface area contributed by atoms with Gasteiger partial charge >= 0.3 is 6.09 Å². The summed E-state index contributed by atoms with van der Waals surface area (Å²) in [6, 6.07) is 13.7. The molecule has 1 amide bonds. The van der Waals surface area contributed by atoms with Crippen LogP contribution in [0.4, 0.5) is 9.18 Å². The van der Waals surface area contributed by atoms with Crippen molar-refractivity contribution >= 4 is 17.1 Å². The molecule has 0 saturated heterocycles. The predicted octanol–water partition coefficient (Wildman–Crippen LogP) is 3.83. The number of nitrogens with two attached hydrogens (primary N) is 1. The Bertz CT molecular complexity index is 793. The van der Waals surface area contributed by atoms with Gasteiger partial charge in [-0.1, -0.05) is 18.2 Å². The number of rotatable bonds is 3. The number of hydrogen-bond acceptors (Lipinski definition) is 3. The summed E-state index contributed by atoms with van der Waals surface area (Å²) in [6.45, 7) is -0.00407. The molecule has 0 unspecified atom stereocenters. The first-order valence-electron chi connectivity index (χ1n) is 6.32. The molecular formula is C16H12FNO3. The molecule has 4 nitrogen and oxygen atoms in total. The molecule has 21 heavy (non-hydrogen) atoms. The van der Waals surface area contributed by atoms with Crippen LogP contribution in [0, 0.1) is 5.82 Å². The molecule has 2 aromatic carbocycles. The topological polar surface area (TPSA) is 65.5 Å². The van der Waals surface area contributed by atoms with Gasteiger partial charge in [-0.2, -0.15) is 0 Å². The third-order valence-corrected chi connectivity index (χ3v) is 3.10. The van der Waals surface area contributed by atoms with Crippen molar-refractivity contribution in [2.24, 2.45) is 5.73 Å². The van der Waals surface area contributed by atoms with Crippen LogP contribution in [0.5, 0.6) is 0 Å². The molecule has 3 rings (SSSR count). The molecule has 2 N–H and O–H groups in total. The van der Waals surface area contributed by atoms with Crippen LogP contribution in [-0.4, -0.2) is 6.09 Å². The minimum Gasteiger partial charge on any atom is -0.457 e. The van der Waals surface area contributed by atoms with Gasteiger partial charge in [0, 0.05) is 5.39 Å². The number of amides is 1. The van der Waals surface area contributed by atoms with Gasteiger partial charge in [0.15, 0.2) is 6.61 Å². The number of carbonyl (C=O) groups is 1. The second-order valence-electron chi connectivity index (χ2n) is 4.58. The zero-order valence-corrected chi connectivity index (χ0v) is 11.0. The van der Waals surface area contributed by atoms with Gasteiger partial charge in [0.25, 0.3) is 0 Å². The Morgan fingerprint density at radius 2 is 1.81 bits per heavy atom. The number of primary amides is 1. The van der Waals surface area contributed by atoms with Gasteiger partial charge in [-0.25, -0.2) is 9.18 Å². The molecular weight excluding hydrogens is 273 g/mol. The molecule has 1 aromatic heterocycles. The number of furan rings is 1. The monoisotopic (exact) mass is 285 g/mol. The van der Waals surface area contributed by atoms with E-state index in [4.69, 9.17) is 10.2 Å². The SMILES string of the molecule is NC(=O)OCc1cc2cc(-c3ccc(F)cc3)ccc2o1. The number of hydrogen-bond donors (Lipinski definition) is 1. The standard InChI is InChI=1S/C16H12FNO3/c17-13-4-1-10(2-5-13)11-3-6-15-12(7-11)8-14(21-15)9-20-16(18)19/h1-8H,9H2,(H2,18,19). The third kappa shape index (κ3) is 2.86. The maximum absolute atomic E-state index is 12.9. The highest BCUT2D eigenvalue weighted by atomic mass is 19.1. The fourth-order valence-corrected chi connectivity index (χ4v) is 2.13. The van der Waals surface area contributed by atoms with Crippen molar-refractivity contribution in [3.8, 4) is 11.1 Å². The van der Waals surface area contributed by atoms with E-state index in [2.05, 4.69) is 4.74 Å². The van der Waals surface area contributed by atoms with Gasteiger partial charge in [-0.05, 0) is 41.5 Å². The molecule has 0 aliphatic heterocycles. The van der Waals surface area contributed by atoms with Crippen LogP contribution in [0.1, 0.15) is 5.76 Å². The summed E-state index contributed by atoms with van der Waals surface area (Å²) >= 11 is 0. The molecule has 3 aromatic rings. The second kappa shape index (κ2) is 5.28. The molecule has 0 radical (unpaired) electrons. The first-order valence-corrected chi connectivity index (χ1v) is 6.32. The summed E-state index contributed by atoms with van der Waals surface area (Å²) < 4.78 is 23.2. The molecule has 106 valence electrons. The Morgan fingerprint density at radius 1 is 1.10 bits per heavy atom. The summed E-state index contributed by atoms with van der Waals surface area (Å²) in [5.74, 6) is 0.245. The van der Waals surface area contributed by atoms with Crippen LogP contribution in [0.25, 0.3) is 22.1 Å². The van der Waals surface area contributed by atoms with E-state index in [1.165, 1.54) is 12.1 Å². The summed E-state index contributed by atoms with van der Waals surface area (Å²) in [6.07, 6.45) is -0.845. The Balaban J connectivity index is 1.92. The van der Waals surface area contributed by atoms with E-state index in [1.54, 1.807) is 18.2 Å². The quantitative estimate of drug-likeness (QED) is 0.795. The van der Waals surface area contributed by atoms with Gasteiger partial charge < -0.3 is 14.9 Å². The van der Waals surface area contributed by atoms with Gasteiger partial charge in [0.1, 0.15) is 17.2 Å². The van der Waals surface area contributed by atoms with Crippen LogP contribution in [0.15, 0.2) is 52.9 Å². The van der Waals surface area contributed by atoms with Gasteiger partial charge in [-0.3, -0.25) is 0 Å². The minimum atomic E-state index is -0.845. The van der Waals surface area contributed by atoms with Crippen LogP contribution in [0.3, 0.4) is 0 Å². The number of halogens is 1. The molecule has 5 heteroatoms. The maximum atomic E-state index is 12.9. The van der Waals surface area contributed by atoms with Crippen molar-refractivity contribution in [3.05, 3.63) is 60.1 Å². The lowest BCUT2D eigenvalue weighted by Crippen LogP contribution is -2.12. The van der Waals surface area contributed by atoms with E-state index in [0.29, 0.717) is 11.3 Å². The van der Waals surface area contributed by atoms with Crippen LogP contribution in [0.2, 0.25) is 0 Å². The Labute approximate surface area is 119 Å². The number of ether oxygens (including phenoxy) is 1. The molecule has 1 heterocycles. The summed E-state index contributed by atoms with van der Waals surface area (Å²) in [7, 11) is 0. The molecule has 0 bridgehead atoms. The van der Waals surface area contributed by atoms with Crippen molar-refractivity contribution in [1.29, 1.82) is 0 Å². The average Bonchev–Trinajstić information content (AvgIpc) is 2.88. The Kier molecular flexibility index (Phi) is 3.31. The van der Waals surface area contributed by atoms with E-state index in [1.807, 2.05) is 18.2 Å². The van der Waals surface area contributed by atoms with E-state index in [-0.39, 0.29) is 12.4 Å². The Morgan fingerprint density at radius 3 is 2.52 bits per heavy atom. The highest BCUT2D eigenvalue weighted by molar-refractivity contribution is 5.84. The number of carbonyl (C=O) groups excluding carboxylic acids is 1. The summed E-state index contributed by atoms with van der Waals surface area (Å²) in [4.78, 5) is 10.6. The van der Waals surface area contributed by atoms with Crippen LogP contribution >= 0.6 is 0 Å². The Hall–Kier alpha value is -2.82. The molecule has 0 aliphatic carbocycles. The normalized spacial score (nSPS) is 10.7. The highest BCUT2D eigenvalue weighted by Crippen LogP contribution is 2.27. The second-order valence-corrected chi connectivity index (χ2v) is 4.58. The largest absolute Gasteiger partial charge is 0.457 e. The molecule has 0 fully saturated rings. The molecule has 0 atom stereocenters. The van der Waals surface area contributed by atoms with Gasteiger partial charge in [-0.15, -0.1) is 0 Å². The lowest BCUT2D eigenvalue weighted by Gasteiger charge is -2.01. The predicted molar refractivity (Wildman–Crippen MR) is 76.0 cm³/mol. The van der Waals surface area contributed by atoms with Gasteiger partial charge in [0.05, 0.1) is 0 Å². The van der Waals surface area contributed by atoms with Crippen molar-refractivity contribution < 1.29 is 18.3 Å². The number of benzene rings is 2. The maximum Gasteiger partial charge on any atom is 0.404 e. The van der Waals surface area contributed by atoms with E-state index in [0.717, 1.165) is 16.5 Å². The zero-order chi connectivity index (χ0) is 14.8. The molecule has 0 aliphatic rings. The average molecular weight is 285 g/mol. The van der Waals surface area contributed by atoms with Crippen molar-refractivity contribution in [3.63, 3.8) is 0 Å². The first-order chi connectivity index (χ1) is 10.1. The summed E-state index contributed by atoms with van der Waals surface area (Å²) in [5.41, 5.74) is 7.46. The number of fused-ring (bicyclic) bond motifs is 1. The third-order valence-electron chi connectivity index (χ3n) is 3.10. The smallest absolute Gasteiger partial charge is 0.404 e. The first kappa shape index (κ1) is 13.2. The fraction of sp³-hybridized carbons (Fsp3) is 0.0625. The van der Waals surface area contributed by atoms with Crippen molar-refractivity contribution in [1.82, 2.24) is 0 Å². The van der Waals surface area contributed by atoms with Gasteiger partial charge in [0.2, 0.25) is 0 Å². The lowest BCUT2D eigenvalue weighted by molar-refractivity contribution is 0.142.